The second-order valence-corrected chi connectivity index (χ2v) is 6.54. The summed E-state index contributed by atoms with van der Waals surface area (Å²) in [6.45, 7) is 0. The Labute approximate surface area is 131 Å². The Morgan fingerprint density at radius 1 is 1.05 bits per heavy atom. The molecule has 0 aliphatic carbocycles. The Kier molecular flexibility index (Phi) is 3.77. The fourth-order valence-corrected chi connectivity index (χ4v) is 3.60. The first-order valence-electron chi connectivity index (χ1n) is 6.05. The van der Waals surface area contributed by atoms with Gasteiger partial charge < -0.3 is 5.73 Å². The number of thiophene rings is 1. The van der Waals surface area contributed by atoms with Crippen molar-refractivity contribution in [1.29, 1.82) is 0 Å². The highest BCUT2D eigenvalue weighted by Gasteiger charge is 2.22. The Bertz CT molecular complexity index is 831. The van der Waals surface area contributed by atoms with Gasteiger partial charge in [0.25, 0.3) is 0 Å². The van der Waals surface area contributed by atoms with Crippen LogP contribution in [0, 0.1) is 17.5 Å². The van der Waals surface area contributed by atoms with Gasteiger partial charge in [-0.2, -0.15) is 0 Å². The predicted molar refractivity (Wildman–Crippen MR) is 81.9 cm³/mol. The lowest BCUT2D eigenvalue weighted by atomic mass is 10.0. The monoisotopic (exact) mass is 371 g/mol. The number of hydrogen-bond acceptors (Lipinski definition) is 2. The van der Waals surface area contributed by atoms with Crippen LogP contribution in [0.2, 0.25) is 0 Å². The van der Waals surface area contributed by atoms with Crippen LogP contribution in [0.25, 0.3) is 10.1 Å². The van der Waals surface area contributed by atoms with E-state index in [-0.39, 0.29) is 15.9 Å². The third kappa shape index (κ3) is 2.59. The summed E-state index contributed by atoms with van der Waals surface area (Å²) in [4.78, 5) is 0.575. The zero-order valence-corrected chi connectivity index (χ0v) is 12.9. The van der Waals surface area contributed by atoms with Crippen molar-refractivity contribution in [1.82, 2.24) is 0 Å². The van der Waals surface area contributed by atoms with E-state index >= 15 is 0 Å². The molecule has 0 aliphatic rings. The lowest BCUT2D eigenvalue weighted by molar-refractivity contribution is 0.541. The average molecular weight is 372 g/mol. The van der Waals surface area contributed by atoms with Crippen molar-refractivity contribution in [3.05, 3.63) is 68.8 Å². The number of benzene rings is 2. The van der Waals surface area contributed by atoms with Gasteiger partial charge in [-0.25, -0.2) is 13.2 Å². The minimum atomic E-state index is -0.942. The highest BCUT2D eigenvalue weighted by molar-refractivity contribution is 9.10. The molecule has 6 heteroatoms. The van der Waals surface area contributed by atoms with E-state index < -0.39 is 17.7 Å². The second kappa shape index (κ2) is 5.44. The van der Waals surface area contributed by atoms with Gasteiger partial charge in [0.2, 0.25) is 0 Å². The number of rotatable bonds is 2. The van der Waals surface area contributed by atoms with E-state index in [4.69, 9.17) is 5.73 Å². The topological polar surface area (TPSA) is 26.0 Å². The van der Waals surface area contributed by atoms with Crippen LogP contribution in [-0.2, 0) is 0 Å². The number of nitrogens with two attached hydrogens (primary N) is 1. The van der Waals surface area contributed by atoms with Crippen LogP contribution >= 0.6 is 27.3 Å². The first-order valence-corrected chi connectivity index (χ1v) is 7.66. The van der Waals surface area contributed by atoms with Crippen LogP contribution in [0.5, 0.6) is 0 Å². The van der Waals surface area contributed by atoms with Crippen LogP contribution in [0.15, 0.2) is 40.9 Å². The van der Waals surface area contributed by atoms with Crippen molar-refractivity contribution >= 4 is 37.4 Å². The van der Waals surface area contributed by atoms with E-state index in [2.05, 4.69) is 15.9 Å². The normalized spacial score (nSPS) is 12.8. The molecule has 3 aromatic rings. The maximum absolute atomic E-state index is 14.1. The molecule has 0 aliphatic heterocycles. The van der Waals surface area contributed by atoms with Crippen molar-refractivity contribution in [2.24, 2.45) is 5.73 Å². The lowest BCUT2D eigenvalue weighted by Gasteiger charge is -2.13. The fourth-order valence-electron chi connectivity index (χ4n) is 2.15. The molecule has 1 unspecified atom stereocenters. The molecule has 1 nitrogen and oxygen atoms in total. The molecule has 2 aromatic carbocycles. The first-order chi connectivity index (χ1) is 9.97. The van der Waals surface area contributed by atoms with Crippen LogP contribution in [0.3, 0.4) is 0 Å². The van der Waals surface area contributed by atoms with Crippen molar-refractivity contribution < 1.29 is 13.2 Å². The van der Waals surface area contributed by atoms with Gasteiger partial charge in [-0.05, 0) is 51.6 Å². The Morgan fingerprint density at radius 3 is 2.57 bits per heavy atom. The third-order valence-corrected chi connectivity index (χ3v) is 4.99. The van der Waals surface area contributed by atoms with Crippen LogP contribution in [0.1, 0.15) is 16.5 Å². The van der Waals surface area contributed by atoms with E-state index in [1.54, 1.807) is 12.1 Å². The Balaban J connectivity index is 2.12. The molecule has 1 heterocycles. The van der Waals surface area contributed by atoms with E-state index in [1.165, 1.54) is 29.5 Å². The molecule has 0 saturated heterocycles. The van der Waals surface area contributed by atoms with Crippen molar-refractivity contribution in [2.75, 3.05) is 0 Å². The minimum Gasteiger partial charge on any atom is -0.319 e. The summed E-state index contributed by atoms with van der Waals surface area (Å²) in [6, 6.07) is 7.57. The molecule has 0 bridgehead atoms. The number of halogens is 4. The molecular formula is C15H9BrF3NS. The quantitative estimate of drug-likeness (QED) is 0.621. The van der Waals surface area contributed by atoms with E-state index in [0.29, 0.717) is 9.58 Å². The zero-order chi connectivity index (χ0) is 15.1. The molecule has 0 amide bonds. The fraction of sp³-hybridized carbons (Fsp3) is 0.0667. The van der Waals surface area contributed by atoms with E-state index in [1.807, 2.05) is 0 Å². The minimum absolute atomic E-state index is 0.154. The van der Waals surface area contributed by atoms with Gasteiger partial charge in [-0.1, -0.05) is 6.07 Å². The Morgan fingerprint density at radius 2 is 1.81 bits per heavy atom. The van der Waals surface area contributed by atoms with Gasteiger partial charge in [0.15, 0.2) is 0 Å². The van der Waals surface area contributed by atoms with Gasteiger partial charge in [-0.3, -0.25) is 0 Å². The van der Waals surface area contributed by atoms with E-state index in [0.717, 1.165) is 11.5 Å². The van der Waals surface area contributed by atoms with Gasteiger partial charge in [0.05, 0.1) is 10.5 Å². The SMILES string of the molecule is NC(c1cc2ccc(F)cc2s1)c1c(F)ccc(Br)c1F. The summed E-state index contributed by atoms with van der Waals surface area (Å²) >= 11 is 4.25. The summed E-state index contributed by atoms with van der Waals surface area (Å²) in [5.74, 6) is -1.78. The molecule has 0 spiro atoms. The second-order valence-electron chi connectivity index (χ2n) is 4.57. The third-order valence-electron chi connectivity index (χ3n) is 3.20. The summed E-state index contributed by atoms with van der Waals surface area (Å²) in [5.41, 5.74) is 5.81. The van der Waals surface area contributed by atoms with Gasteiger partial charge in [0, 0.05) is 15.1 Å². The predicted octanol–water partition coefficient (Wildman–Crippen LogP) is 5.13. The average Bonchev–Trinajstić information content (AvgIpc) is 2.86. The molecule has 108 valence electrons. The molecule has 0 radical (unpaired) electrons. The molecule has 21 heavy (non-hydrogen) atoms. The van der Waals surface area contributed by atoms with Gasteiger partial charge >= 0.3 is 0 Å². The largest absolute Gasteiger partial charge is 0.319 e. The molecule has 0 fully saturated rings. The highest BCUT2D eigenvalue weighted by atomic mass is 79.9. The van der Waals surface area contributed by atoms with Crippen LogP contribution in [0.4, 0.5) is 13.2 Å². The smallest absolute Gasteiger partial charge is 0.145 e. The zero-order valence-electron chi connectivity index (χ0n) is 10.5. The molecule has 0 saturated carbocycles. The molecule has 1 atom stereocenters. The molecule has 3 rings (SSSR count). The Hall–Kier alpha value is -1.37. The van der Waals surface area contributed by atoms with Crippen molar-refractivity contribution in [3.63, 3.8) is 0 Å². The summed E-state index contributed by atoms with van der Waals surface area (Å²) < 4.78 is 42.0. The van der Waals surface area contributed by atoms with Gasteiger partial charge in [-0.15, -0.1) is 11.3 Å². The molecule has 1 aromatic heterocycles. The maximum Gasteiger partial charge on any atom is 0.145 e. The highest BCUT2D eigenvalue weighted by Crippen LogP contribution is 2.35. The molecular weight excluding hydrogens is 363 g/mol. The van der Waals surface area contributed by atoms with Crippen molar-refractivity contribution in [2.45, 2.75) is 6.04 Å². The number of hydrogen-bond donors (Lipinski definition) is 1. The van der Waals surface area contributed by atoms with Crippen LogP contribution in [-0.4, -0.2) is 0 Å². The maximum atomic E-state index is 14.1. The standard InChI is InChI=1S/C15H9BrF3NS/c16-9-3-4-10(18)13(14(9)19)15(20)12-5-7-1-2-8(17)6-11(7)21-12/h1-6,15H,20H2. The van der Waals surface area contributed by atoms with E-state index in [9.17, 15) is 13.2 Å². The van der Waals surface area contributed by atoms with Crippen molar-refractivity contribution in [3.8, 4) is 0 Å². The summed E-state index contributed by atoms with van der Waals surface area (Å²) in [5, 5.41) is 0.794. The van der Waals surface area contributed by atoms with Gasteiger partial charge in [0.1, 0.15) is 17.5 Å². The lowest BCUT2D eigenvalue weighted by Crippen LogP contribution is -2.14. The summed E-state index contributed by atoms with van der Waals surface area (Å²) in [6.07, 6.45) is 0. The van der Waals surface area contributed by atoms with Crippen LogP contribution < -0.4 is 5.73 Å². The first kappa shape index (κ1) is 14.6. The number of fused-ring (bicyclic) bond motifs is 1. The molecule has 2 N–H and O–H groups in total. The summed E-state index contributed by atoms with van der Waals surface area (Å²) in [7, 11) is 0.